The summed E-state index contributed by atoms with van der Waals surface area (Å²) < 4.78 is 2.21. The number of rotatable bonds is 3. The summed E-state index contributed by atoms with van der Waals surface area (Å²) in [7, 11) is 0. The van der Waals surface area contributed by atoms with Crippen molar-refractivity contribution >= 4 is 0 Å². The molecule has 0 aliphatic heterocycles. The van der Waals surface area contributed by atoms with E-state index in [-0.39, 0.29) is 0 Å². The highest BCUT2D eigenvalue weighted by molar-refractivity contribution is 4.83. The Kier molecular flexibility index (Phi) is 7.03. The van der Waals surface area contributed by atoms with Crippen molar-refractivity contribution < 1.29 is 14.9 Å². The topological polar surface area (TPSA) is 67.2 Å². The van der Waals surface area contributed by atoms with Gasteiger partial charge in [-0.1, -0.05) is 19.4 Å². The molecule has 1 aromatic heterocycles. The maximum absolute atomic E-state index is 8.36. The van der Waals surface area contributed by atoms with Gasteiger partial charge in [0.15, 0.2) is 12.4 Å². The summed E-state index contributed by atoms with van der Waals surface area (Å²) in [6, 6.07) is 6.17. The average Bonchev–Trinajstić information content (AvgIpc) is 2.15. The van der Waals surface area contributed by atoms with Crippen molar-refractivity contribution in [3.63, 3.8) is 0 Å². The minimum atomic E-state index is -1.50. The maximum atomic E-state index is 8.36. The molecule has 0 atom stereocenters. The van der Waals surface area contributed by atoms with Gasteiger partial charge in [0.25, 0.3) is 5.09 Å². The molecule has 0 aliphatic carbocycles. The van der Waals surface area contributed by atoms with Gasteiger partial charge < -0.3 is 5.21 Å². The molecule has 0 saturated heterocycles. The lowest BCUT2D eigenvalue weighted by Gasteiger charge is -1.91. The maximum Gasteiger partial charge on any atom is 0.291 e. The summed E-state index contributed by atoms with van der Waals surface area (Å²) in [6.07, 6.45) is 6.75. The Morgan fingerprint density at radius 1 is 1.36 bits per heavy atom. The molecule has 0 fully saturated rings. The van der Waals surface area contributed by atoms with Crippen LogP contribution in [0.25, 0.3) is 0 Å². The Morgan fingerprint density at radius 2 is 1.86 bits per heavy atom. The van der Waals surface area contributed by atoms with Gasteiger partial charge in [0.1, 0.15) is 6.54 Å². The fourth-order valence-corrected chi connectivity index (χ4v) is 0.924. The zero-order chi connectivity index (χ0) is 10.8. The number of aromatic nitrogens is 1. The molecule has 1 N–H and O–H groups in total. The van der Waals surface area contributed by atoms with Crippen molar-refractivity contribution in [3.8, 4) is 0 Å². The second-order valence-electron chi connectivity index (χ2n) is 2.70. The van der Waals surface area contributed by atoms with Gasteiger partial charge in [-0.2, -0.15) is 0 Å². The van der Waals surface area contributed by atoms with E-state index in [1.54, 1.807) is 0 Å². The average molecular weight is 199 g/mol. The first-order valence-electron chi connectivity index (χ1n) is 4.44. The van der Waals surface area contributed by atoms with Crippen molar-refractivity contribution in [2.75, 3.05) is 0 Å². The normalized spacial score (nSPS) is 8.64. The molecule has 0 unspecified atom stereocenters. The molecule has 0 amide bonds. The molecule has 14 heavy (non-hydrogen) atoms. The Bertz CT molecular complexity index is 247. The fraction of sp³-hybridized carbons (Fsp3) is 0.444. The van der Waals surface area contributed by atoms with Crippen LogP contribution in [-0.4, -0.2) is 10.3 Å². The lowest BCUT2D eigenvalue weighted by atomic mass is 10.3. The van der Waals surface area contributed by atoms with E-state index >= 15 is 0 Å². The summed E-state index contributed by atoms with van der Waals surface area (Å²) in [5, 5.41) is 13.6. The standard InChI is InChI=1S/C9H14N.HNO3/c1-2-3-7-10-8-5-4-6-9-10;2-1(3)4/h4-6,8-9H,2-3,7H2,1H3;(H,2,3,4)/q+1;. The van der Waals surface area contributed by atoms with E-state index < -0.39 is 5.09 Å². The second-order valence-corrected chi connectivity index (χ2v) is 2.70. The zero-order valence-electron chi connectivity index (χ0n) is 8.17. The molecule has 1 rings (SSSR count). The quantitative estimate of drug-likeness (QED) is 0.455. The van der Waals surface area contributed by atoms with Gasteiger partial charge in [-0.15, -0.1) is 10.1 Å². The molecular formula is C9H15N2O3+. The predicted octanol–water partition coefficient (Wildman–Crippen LogP) is 1.43. The Labute approximate surface area is 82.7 Å². The largest absolute Gasteiger partial charge is 0.328 e. The van der Waals surface area contributed by atoms with E-state index in [1.165, 1.54) is 12.8 Å². The van der Waals surface area contributed by atoms with Crippen LogP contribution in [0.5, 0.6) is 0 Å². The SMILES string of the molecule is CCCC[n+]1ccccc1.O=[N+]([O-])O. The zero-order valence-corrected chi connectivity index (χ0v) is 8.17. The molecule has 0 bridgehead atoms. The van der Waals surface area contributed by atoms with Gasteiger partial charge in [-0.25, -0.2) is 4.57 Å². The van der Waals surface area contributed by atoms with E-state index in [9.17, 15) is 0 Å². The third kappa shape index (κ3) is 8.45. The highest BCUT2D eigenvalue weighted by Gasteiger charge is 1.93. The molecule has 0 radical (unpaired) electrons. The molecule has 1 aromatic rings. The van der Waals surface area contributed by atoms with Crippen LogP contribution < -0.4 is 4.57 Å². The lowest BCUT2D eigenvalue weighted by molar-refractivity contribution is -0.742. The van der Waals surface area contributed by atoms with Crippen molar-refractivity contribution in [3.05, 3.63) is 40.7 Å². The van der Waals surface area contributed by atoms with Gasteiger partial charge in [0.05, 0.1) is 0 Å². The molecule has 5 heteroatoms. The van der Waals surface area contributed by atoms with Crippen molar-refractivity contribution in [1.29, 1.82) is 0 Å². The minimum absolute atomic E-state index is 1.15. The molecular weight excluding hydrogens is 184 g/mol. The molecule has 78 valence electrons. The van der Waals surface area contributed by atoms with Gasteiger partial charge in [0.2, 0.25) is 0 Å². The van der Waals surface area contributed by atoms with Crippen LogP contribution in [0.2, 0.25) is 0 Å². The Morgan fingerprint density at radius 3 is 2.29 bits per heavy atom. The van der Waals surface area contributed by atoms with Gasteiger partial charge in [0, 0.05) is 18.6 Å². The summed E-state index contributed by atoms with van der Waals surface area (Å²) in [6.45, 7) is 3.36. The van der Waals surface area contributed by atoms with E-state index in [2.05, 4.69) is 36.0 Å². The number of unbranched alkanes of at least 4 members (excludes halogenated alkanes) is 1. The monoisotopic (exact) mass is 199 g/mol. The summed E-state index contributed by atoms with van der Waals surface area (Å²) in [5.74, 6) is 0. The summed E-state index contributed by atoms with van der Waals surface area (Å²) in [5.41, 5.74) is 0. The van der Waals surface area contributed by atoms with Crippen LogP contribution in [0.15, 0.2) is 30.6 Å². The van der Waals surface area contributed by atoms with Gasteiger partial charge >= 0.3 is 0 Å². The third-order valence-corrected chi connectivity index (χ3v) is 1.55. The number of nitrogens with zero attached hydrogens (tertiary/aromatic N) is 2. The van der Waals surface area contributed by atoms with Crippen LogP contribution >= 0.6 is 0 Å². The smallest absolute Gasteiger partial charge is 0.291 e. The predicted molar refractivity (Wildman–Crippen MR) is 50.3 cm³/mol. The van der Waals surface area contributed by atoms with Crippen LogP contribution in [0, 0.1) is 10.1 Å². The number of hydrogen-bond acceptors (Lipinski definition) is 2. The molecule has 5 nitrogen and oxygen atoms in total. The molecule has 0 aromatic carbocycles. The lowest BCUT2D eigenvalue weighted by Crippen LogP contribution is -2.31. The van der Waals surface area contributed by atoms with Gasteiger partial charge in [-0.3, -0.25) is 0 Å². The van der Waals surface area contributed by atoms with Crippen molar-refractivity contribution in [2.24, 2.45) is 0 Å². The number of pyridine rings is 1. The van der Waals surface area contributed by atoms with Gasteiger partial charge in [-0.05, 0) is 0 Å². The highest BCUT2D eigenvalue weighted by Crippen LogP contribution is 1.85. The minimum Gasteiger partial charge on any atom is -0.328 e. The first-order chi connectivity index (χ1) is 6.66. The van der Waals surface area contributed by atoms with Crippen LogP contribution in [0.1, 0.15) is 19.8 Å². The second kappa shape index (κ2) is 7.97. The summed E-state index contributed by atoms with van der Waals surface area (Å²) >= 11 is 0. The van der Waals surface area contributed by atoms with Crippen molar-refractivity contribution in [1.82, 2.24) is 0 Å². The van der Waals surface area contributed by atoms with E-state index in [0.29, 0.717) is 0 Å². The van der Waals surface area contributed by atoms with Crippen LogP contribution in [-0.2, 0) is 6.54 Å². The number of aryl methyl sites for hydroxylation is 1. The Hall–Kier alpha value is -1.65. The highest BCUT2D eigenvalue weighted by atomic mass is 16.9. The third-order valence-electron chi connectivity index (χ3n) is 1.55. The molecule has 0 aliphatic rings. The van der Waals surface area contributed by atoms with Crippen molar-refractivity contribution in [2.45, 2.75) is 26.3 Å². The van der Waals surface area contributed by atoms with E-state index in [0.717, 1.165) is 6.54 Å². The molecule has 0 spiro atoms. The first kappa shape index (κ1) is 12.3. The van der Waals surface area contributed by atoms with E-state index in [4.69, 9.17) is 15.3 Å². The van der Waals surface area contributed by atoms with Crippen LogP contribution in [0.4, 0.5) is 0 Å². The molecule has 1 heterocycles. The summed E-state index contributed by atoms with van der Waals surface area (Å²) in [4.78, 5) is 8.36. The fourth-order valence-electron chi connectivity index (χ4n) is 0.924. The van der Waals surface area contributed by atoms with E-state index in [1.807, 2.05) is 6.07 Å². The first-order valence-corrected chi connectivity index (χ1v) is 4.44. The van der Waals surface area contributed by atoms with Crippen LogP contribution in [0.3, 0.4) is 0 Å². The molecule has 0 saturated carbocycles. The number of hydrogen-bond donors (Lipinski definition) is 1. The Balaban J connectivity index is 0.000000364.